The molecule has 0 radical (unpaired) electrons. The van der Waals surface area contributed by atoms with E-state index in [-0.39, 0.29) is 18.1 Å². The summed E-state index contributed by atoms with van der Waals surface area (Å²) in [6.45, 7) is 0.755. The van der Waals surface area contributed by atoms with E-state index in [1.54, 1.807) is 23.0 Å². The zero-order valence-electron chi connectivity index (χ0n) is 14.7. The molecule has 0 unspecified atom stereocenters. The standard InChI is InChI=1S/C18H16FN7O2/c19-12-2-4-13(5-3-12)26-10-21-8-14(26)18(27)28-7-1-6-25-11-24-15-16(20)22-9-23-17(15)25/h2-5,8-11H,1,6-7H2,(H2,20,22,23). The van der Waals surface area contributed by atoms with Gasteiger partial charge in [-0.05, 0) is 30.7 Å². The monoisotopic (exact) mass is 381 g/mol. The summed E-state index contributed by atoms with van der Waals surface area (Å²) in [5.74, 6) is -0.542. The molecule has 0 aliphatic heterocycles. The van der Waals surface area contributed by atoms with Gasteiger partial charge in [-0.15, -0.1) is 0 Å². The highest BCUT2D eigenvalue weighted by Gasteiger charge is 2.15. The van der Waals surface area contributed by atoms with Crippen LogP contribution in [0.25, 0.3) is 16.9 Å². The van der Waals surface area contributed by atoms with Crippen LogP contribution in [0, 0.1) is 5.82 Å². The summed E-state index contributed by atoms with van der Waals surface area (Å²) in [5, 5.41) is 0. The molecule has 3 heterocycles. The van der Waals surface area contributed by atoms with Crippen LogP contribution in [-0.4, -0.2) is 41.6 Å². The van der Waals surface area contributed by atoms with Crippen molar-refractivity contribution in [2.75, 3.05) is 12.3 Å². The van der Waals surface area contributed by atoms with Crippen LogP contribution in [0.4, 0.5) is 10.2 Å². The Balaban J connectivity index is 1.37. The number of nitrogens with zero attached hydrogens (tertiary/aromatic N) is 6. The quantitative estimate of drug-likeness (QED) is 0.401. The maximum absolute atomic E-state index is 13.1. The molecule has 0 aliphatic rings. The number of nitrogen functional groups attached to an aromatic ring is 1. The molecule has 0 amide bonds. The van der Waals surface area contributed by atoms with Gasteiger partial charge in [0, 0.05) is 12.2 Å². The van der Waals surface area contributed by atoms with Crippen molar-refractivity contribution in [1.82, 2.24) is 29.1 Å². The summed E-state index contributed by atoms with van der Waals surface area (Å²) in [6.07, 6.45) is 6.46. The lowest BCUT2D eigenvalue weighted by Crippen LogP contribution is -2.12. The number of aromatic nitrogens is 6. The second-order valence-electron chi connectivity index (χ2n) is 5.98. The molecule has 3 aromatic heterocycles. The minimum absolute atomic E-state index is 0.202. The van der Waals surface area contributed by atoms with E-state index in [9.17, 15) is 9.18 Å². The van der Waals surface area contributed by atoms with Gasteiger partial charge in [0.15, 0.2) is 17.2 Å². The number of imidazole rings is 2. The predicted molar refractivity (Wildman–Crippen MR) is 98.2 cm³/mol. The molecule has 0 fully saturated rings. The van der Waals surface area contributed by atoms with Crippen LogP contribution in [0.3, 0.4) is 0 Å². The number of fused-ring (bicyclic) bond motifs is 1. The van der Waals surface area contributed by atoms with E-state index >= 15 is 0 Å². The number of carbonyl (C=O) groups excluding carboxylic acids is 1. The van der Waals surface area contributed by atoms with E-state index < -0.39 is 5.97 Å². The number of nitrogens with two attached hydrogens (primary N) is 1. The third-order valence-electron chi connectivity index (χ3n) is 4.16. The van der Waals surface area contributed by atoms with Gasteiger partial charge in [0.05, 0.1) is 25.5 Å². The summed E-state index contributed by atoms with van der Waals surface area (Å²) in [4.78, 5) is 28.6. The second kappa shape index (κ2) is 7.43. The molecule has 9 nitrogen and oxygen atoms in total. The van der Waals surface area contributed by atoms with Crippen molar-refractivity contribution in [2.45, 2.75) is 13.0 Å². The van der Waals surface area contributed by atoms with E-state index in [1.165, 1.54) is 31.0 Å². The number of anilines is 1. The lowest BCUT2D eigenvalue weighted by atomic mass is 10.3. The molecule has 0 atom stereocenters. The highest BCUT2D eigenvalue weighted by Crippen LogP contribution is 2.15. The van der Waals surface area contributed by atoms with Crippen LogP contribution >= 0.6 is 0 Å². The second-order valence-corrected chi connectivity index (χ2v) is 5.98. The van der Waals surface area contributed by atoms with Gasteiger partial charge in [0.25, 0.3) is 0 Å². The number of esters is 1. The van der Waals surface area contributed by atoms with Gasteiger partial charge in [0.2, 0.25) is 0 Å². The summed E-state index contributed by atoms with van der Waals surface area (Å²) < 4.78 is 21.8. The number of benzene rings is 1. The first-order valence-corrected chi connectivity index (χ1v) is 8.50. The first-order valence-electron chi connectivity index (χ1n) is 8.50. The Labute approximate surface area is 158 Å². The SMILES string of the molecule is Nc1ncnc2c1ncn2CCCOC(=O)c1cncn1-c1ccc(F)cc1. The molecular weight excluding hydrogens is 365 g/mol. The van der Waals surface area contributed by atoms with Crippen molar-refractivity contribution in [2.24, 2.45) is 0 Å². The van der Waals surface area contributed by atoms with Crippen LogP contribution < -0.4 is 5.73 Å². The molecule has 0 saturated heterocycles. The van der Waals surface area contributed by atoms with Crippen molar-refractivity contribution in [3.8, 4) is 5.69 Å². The topological polar surface area (TPSA) is 114 Å². The molecule has 0 spiro atoms. The largest absolute Gasteiger partial charge is 0.461 e. The molecule has 4 rings (SSSR count). The first-order chi connectivity index (χ1) is 13.6. The number of halogens is 1. The lowest BCUT2D eigenvalue weighted by molar-refractivity contribution is 0.0487. The van der Waals surface area contributed by atoms with Gasteiger partial charge in [-0.25, -0.2) is 29.1 Å². The highest BCUT2D eigenvalue weighted by atomic mass is 19.1. The van der Waals surface area contributed by atoms with E-state index in [4.69, 9.17) is 10.5 Å². The zero-order valence-corrected chi connectivity index (χ0v) is 14.7. The van der Waals surface area contributed by atoms with Crippen molar-refractivity contribution in [3.63, 3.8) is 0 Å². The fraction of sp³-hybridized carbons (Fsp3) is 0.167. The molecule has 10 heteroatoms. The number of ether oxygens (including phenoxy) is 1. The Bertz CT molecular complexity index is 1120. The molecular formula is C18H16FN7O2. The minimum atomic E-state index is -0.510. The van der Waals surface area contributed by atoms with Crippen LogP contribution in [-0.2, 0) is 11.3 Å². The van der Waals surface area contributed by atoms with E-state index in [0.717, 1.165) is 0 Å². The number of hydrogen-bond donors (Lipinski definition) is 1. The number of carbonyl (C=O) groups is 1. The lowest BCUT2D eigenvalue weighted by Gasteiger charge is -2.09. The van der Waals surface area contributed by atoms with E-state index in [0.29, 0.717) is 35.6 Å². The first kappa shape index (κ1) is 17.6. The maximum atomic E-state index is 13.1. The average Bonchev–Trinajstić information content (AvgIpc) is 3.34. The summed E-state index contributed by atoms with van der Waals surface area (Å²) in [5.41, 5.74) is 7.82. The third kappa shape index (κ3) is 3.39. The molecule has 142 valence electrons. The zero-order chi connectivity index (χ0) is 19.5. The smallest absolute Gasteiger partial charge is 0.356 e. The molecule has 4 aromatic rings. The Morgan fingerprint density at radius 3 is 2.79 bits per heavy atom. The normalized spacial score (nSPS) is 11.0. The van der Waals surface area contributed by atoms with Gasteiger partial charge in [-0.1, -0.05) is 0 Å². The van der Waals surface area contributed by atoms with Crippen LogP contribution in [0.2, 0.25) is 0 Å². The molecule has 2 N–H and O–H groups in total. The third-order valence-corrected chi connectivity index (χ3v) is 4.16. The molecule has 1 aromatic carbocycles. The summed E-state index contributed by atoms with van der Waals surface area (Å²) >= 11 is 0. The Morgan fingerprint density at radius 1 is 1.14 bits per heavy atom. The van der Waals surface area contributed by atoms with Crippen molar-refractivity contribution >= 4 is 23.0 Å². The molecule has 0 bridgehead atoms. The number of hydrogen-bond acceptors (Lipinski definition) is 7. The number of rotatable bonds is 6. The van der Waals surface area contributed by atoms with Crippen LogP contribution in [0.1, 0.15) is 16.9 Å². The number of aryl methyl sites for hydroxylation is 1. The maximum Gasteiger partial charge on any atom is 0.356 e. The Kier molecular flexibility index (Phi) is 4.67. The fourth-order valence-corrected chi connectivity index (χ4v) is 2.79. The predicted octanol–water partition coefficient (Wildman–Crippen LogP) is 1.98. The van der Waals surface area contributed by atoms with Crippen LogP contribution in [0.15, 0.2) is 49.4 Å². The Morgan fingerprint density at radius 2 is 1.96 bits per heavy atom. The van der Waals surface area contributed by atoms with Crippen molar-refractivity contribution < 1.29 is 13.9 Å². The van der Waals surface area contributed by atoms with E-state index in [1.807, 2.05) is 4.57 Å². The highest BCUT2D eigenvalue weighted by molar-refractivity contribution is 5.88. The average molecular weight is 381 g/mol. The van der Waals surface area contributed by atoms with E-state index in [2.05, 4.69) is 19.9 Å². The van der Waals surface area contributed by atoms with Gasteiger partial charge in [-0.3, -0.25) is 4.57 Å². The fourth-order valence-electron chi connectivity index (χ4n) is 2.79. The van der Waals surface area contributed by atoms with Gasteiger partial charge < -0.3 is 15.0 Å². The molecule has 28 heavy (non-hydrogen) atoms. The van der Waals surface area contributed by atoms with Gasteiger partial charge in [-0.2, -0.15) is 0 Å². The summed E-state index contributed by atoms with van der Waals surface area (Å²) in [6, 6.07) is 5.75. The molecule has 0 aliphatic carbocycles. The molecule has 0 saturated carbocycles. The van der Waals surface area contributed by atoms with Gasteiger partial charge >= 0.3 is 5.97 Å². The minimum Gasteiger partial charge on any atom is -0.461 e. The van der Waals surface area contributed by atoms with Crippen molar-refractivity contribution in [3.05, 3.63) is 61.0 Å². The van der Waals surface area contributed by atoms with Crippen molar-refractivity contribution in [1.29, 1.82) is 0 Å². The Hall–Kier alpha value is -3.82. The van der Waals surface area contributed by atoms with Gasteiger partial charge in [0.1, 0.15) is 17.7 Å². The summed E-state index contributed by atoms with van der Waals surface area (Å²) in [7, 11) is 0. The van der Waals surface area contributed by atoms with Crippen LogP contribution in [0.5, 0.6) is 0 Å².